The van der Waals surface area contributed by atoms with Crippen molar-refractivity contribution in [3.05, 3.63) is 65.2 Å². The molecule has 1 N–H and O–H groups in total. The van der Waals surface area contributed by atoms with E-state index in [1.807, 2.05) is 43.3 Å². The Balaban J connectivity index is 1.55. The van der Waals surface area contributed by atoms with Crippen LogP contribution in [0.25, 0.3) is 0 Å². The highest BCUT2D eigenvalue weighted by Crippen LogP contribution is 2.13. The van der Waals surface area contributed by atoms with E-state index in [2.05, 4.69) is 34.2 Å². The Kier molecular flexibility index (Phi) is 5.87. The Morgan fingerprint density at radius 2 is 1.72 bits per heavy atom. The van der Waals surface area contributed by atoms with Crippen LogP contribution < -0.4 is 5.32 Å². The van der Waals surface area contributed by atoms with Crippen LogP contribution in [0.2, 0.25) is 0 Å². The van der Waals surface area contributed by atoms with Crippen molar-refractivity contribution in [2.24, 2.45) is 0 Å². The van der Waals surface area contributed by atoms with Crippen molar-refractivity contribution >= 4 is 11.6 Å². The zero-order valence-electron chi connectivity index (χ0n) is 14.7. The summed E-state index contributed by atoms with van der Waals surface area (Å²) in [5.74, 6) is 5.77. The van der Waals surface area contributed by atoms with Crippen LogP contribution in [-0.2, 0) is 6.42 Å². The second-order valence-electron chi connectivity index (χ2n) is 6.40. The highest BCUT2D eigenvalue weighted by molar-refractivity contribution is 6.04. The molecule has 0 radical (unpaired) electrons. The number of nitrogens with one attached hydrogen (secondary N) is 1. The van der Waals surface area contributed by atoms with Gasteiger partial charge in [-0.25, -0.2) is 0 Å². The third-order valence-electron chi connectivity index (χ3n) is 4.54. The lowest BCUT2D eigenvalue weighted by molar-refractivity contribution is 0.102. The number of rotatable bonds is 5. The van der Waals surface area contributed by atoms with Crippen molar-refractivity contribution in [3.8, 4) is 11.8 Å². The topological polar surface area (TPSA) is 32.3 Å². The summed E-state index contributed by atoms with van der Waals surface area (Å²) < 4.78 is 0. The van der Waals surface area contributed by atoms with Gasteiger partial charge in [-0.15, -0.1) is 5.92 Å². The first-order valence-corrected chi connectivity index (χ1v) is 8.90. The lowest BCUT2D eigenvalue weighted by Crippen LogP contribution is -2.21. The molecule has 0 spiro atoms. The summed E-state index contributed by atoms with van der Waals surface area (Å²) in [5.41, 5.74) is 3.70. The number of amides is 1. The molecule has 128 valence electrons. The Hall–Kier alpha value is -2.57. The standard InChI is InChI=1S/C22H24N2O/c1-2-5-18-8-12-21(13-9-18)23-22(25)20-10-6-19(7-11-20)14-17-24-15-3-4-16-24/h6-13H,3-4,14-17H2,1H3,(H,23,25). The largest absolute Gasteiger partial charge is 0.322 e. The van der Waals surface area contributed by atoms with Gasteiger partial charge < -0.3 is 10.2 Å². The van der Waals surface area contributed by atoms with Crippen LogP contribution in [0.5, 0.6) is 0 Å². The fourth-order valence-corrected chi connectivity index (χ4v) is 3.10. The Morgan fingerprint density at radius 1 is 1.04 bits per heavy atom. The number of carbonyl (C=O) groups is 1. The molecule has 0 atom stereocenters. The monoisotopic (exact) mass is 332 g/mol. The number of nitrogens with zero attached hydrogens (tertiary/aromatic N) is 1. The van der Waals surface area contributed by atoms with E-state index in [-0.39, 0.29) is 5.91 Å². The van der Waals surface area contributed by atoms with Crippen LogP contribution in [0.3, 0.4) is 0 Å². The van der Waals surface area contributed by atoms with Crippen molar-refractivity contribution in [2.45, 2.75) is 26.2 Å². The molecule has 1 fully saturated rings. The van der Waals surface area contributed by atoms with Gasteiger partial charge in [-0.3, -0.25) is 4.79 Å². The highest BCUT2D eigenvalue weighted by Gasteiger charge is 2.11. The van der Waals surface area contributed by atoms with Crippen LogP contribution in [-0.4, -0.2) is 30.4 Å². The minimum absolute atomic E-state index is 0.0829. The van der Waals surface area contributed by atoms with E-state index in [0.29, 0.717) is 5.56 Å². The third-order valence-corrected chi connectivity index (χ3v) is 4.54. The van der Waals surface area contributed by atoms with Crippen LogP contribution in [0, 0.1) is 11.8 Å². The maximum atomic E-state index is 12.4. The smallest absolute Gasteiger partial charge is 0.255 e. The second-order valence-corrected chi connectivity index (χ2v) is 6.40. The van der Waals surface area contributed by atoms with Crippen molar-refractivity contribution in [1.29, 1.82) is 0 Å². The van der Waals surface area contributed by atoms with E-state index in [1.54, 1.807) is 0 Å². The quantitative estimate of drug-likeness (QED) is 0.841. The lowest BCUT2D eigenvalue weighted by Gasteiger charge is -2.14. The molecule has 25 heavy (non-hydrogen) atoms. The summed E-state index contributed by atoms with van der Waals surface area (Å²) in [6, 6.07) is 15.5. The fourth-order valence-electron chi connectivity index (χ4n) is 3.10. The first-order chi connectivity index (χ1) is 12.2. The van der Waals surface area contributed by atoms with Gasteiger partial charge in [0.25, 0.3) is 5.91 Å². The molecular formula is C22H24N2O. The van der Waals surface area contributed by atoms with E-state index < -0.39 is 0 Å². The second kappa shape index (κ2) is 8.50. The van der Waals surface area contributed by atoms with Gasteiger partial charge in [0.05, 0.1) is 0 Å². The van der Waals surface area contributed by atoms with E-state index in [0.717, 1.165) is 24.2 Å². The van der Waals surface area contributed by atoms with Gasteiger partial charge >= 0.3 is 0 Å². The predicted octanol–water partition coefficient (Wildman–Crippen LogP) is 3.95. The maximum Gasteiger partial charge on any atom is 0.255 e. The highest BCUT2D eigenvalue weighted by atomic mass is 16.1. The minimum Gasteiger partial charge on any atom is -0.322 e. The van der Waals surface area contributed by atoms with Crippen molar-refractivity contribution in [3.63, 3.8) is 0 Å². The number of anilines is 1. The molecule has 2 aromatic carbocycles. The van der Waals surface area contributed by atoms with E-state index in [9.17, 15) is 4.79 Å². The maximum absolute atomic E-state index is 12.4. The van der Waals surface area contributed by atoms with E-state index >= 15 is 0 Å². The molecule has 1 saturated heterocycles. The van der Waals surface area contributed by atoms with Gasteiger partial charge in [-0.2, -0.15) is 0 Å². The molecule has 0 aliphatic carbocycles. The molecule has 0 bridgehead atoms. The summed E-state index contributed by atoms with van der Waals surface area (Å²) >= 11 is 0. The zero-order chi connectivity index (χ0) is 17.5. The molecule has 0 saturated carbocycles. The van der Waals surface area contributed by atoms with Gasteiger partial charge in [-0.1, -0.05) is 18.1 Å². The Labute approximate surface area is 150 Å². The average Bonchev–Trinajstić information content (AvgIpc) is 3.16. The predicted molar refractivity (Wildman–Crippen MR) is 103 cm³/mol. The first kappa shape index (κ1) is 17.3. The SMILES string of the molecule is CC#Cc1ccc(NC(=O)c2ccc(CCN3CCCC3)cc2)cc1. The molecular weight excluding hydrogens is 308 g/mol. The number of carbonyl (C=O) groups excluding carboxylic acids is 1. The molecule has 0 aromatic heterocycles. The normalized spacial score (nSPS) is 14.0. The molecule has 2 aromatic rings. The van der Waals surface area contributed by atoms with Crippen LogP contribution >= 0.6 is 0 Å². The van der Waals surface area contributed by atoms with Crippen molar-refractivity contribution < 1.29 is 4.79 Å². The molecule has 0 unspecified atom stereocenters. The van der Waals surface area contributed by atoms with Crippen LogP contribution in [0.15, 0.2) is 48.5 Å². The third kappa shape index (κ3) is 4.95. The Bertz CT molecular complexity index is 760. The summed E-state index contributed by atoms with van der Waals surface area (Å²) in [5, 5.41) is 2.93. The first-order valence-electron chi connectivity index (χ1n) is 8.90. The molecule has 3 nitrogen and oxygen atoms in total. The molecule has 3 heteroatoms. The van der Waals surface area contributed by atoms with Gasteiger partial charge in [0.1, 0.15) is 0 Å². The van der Waals surface area contributed by atoms with Crippen molar-refractivity contribution in [2.75, 3.05) is 25.0 Å². The van der Waals surface area contributed by atoms with Crippen LogP contribution in [0.4, 0.5) is 5.69 Å². The van der Waals surface area contributed by atoms with Crippen molar-refractivity contribution in [1.82, 2.24) is 4.90 Å². The molecule has 3 rings (SSSR count). The average molecular weight is 332 g/mol. The molecule has 1 amide bonds. The van der Waals surface area contributed by atoms with Crippen LogP contribution in [0.1, 0.15) is 41.3 Å². The fraction of sp³-hybridized carbons (Fsp3) is 0.318. The van der Waals surface area contributed by atoms with E-state index in [4.69, 9.17) is 0 Å². The number of hydrogen-bond acceptors (Lipinski definition) is 2. The van der Waals surface area contributed by atoms with E-state index in [1.165, 1.54) is 31.5 Å². The molecule has 1 heterocycles. The number of likely N-dealkylation sites (tertiary alicyclic amines) is 1. The summed E-state index contributed by atoms with van der Waals surface area (Å²) in [6.45, 7) is 5.37. The Morgan fingerprint density at radius 3 is 2.36 bits per heavy atom. The summed E-state index contributed by atoms with van der Waals surface area (Å²) in [6.07, 6.45) is 3.69. The molecule has 1 aliphatic heterocycles. The van der Waals surface area contributed by atoms with Gasteiger partial charge in [-0.05, 0) is 81.2 Å². The number of hydrogen-bond donors (Lipinski definition) is 1. The summed E-state index contributed by atoms with van der Waals surface area (Å²) in [7, 11) is 0. The number of benzene rings is 2. The van der Waals surface area contributed by atoms with Gasteiger partial charge in [0, 0.05) is 23.4 Å². The minimum atomic E-state index is -0.0829. The van der Waals surface area contributed by atoms with Gasteiger partial charge in [0.2, 0.25) is 0 Å². The summed E-state index contributed by atoms with van der Waals surface area (Å²) in [4.78, 5) is 14.9. The molecule has 1 aliphatic rings. The lowest BCUT2D eigenvalue weighted by atomic mass is 10.1. The van der Waals surface area contributed by atoms with Gasteiger partial charge in [0.15, 0.2) is 0 Å². The zero-order valence-corrected chi connectivity index (χ0v) is 14.7.